The Kier molecular flexibility index (Phi) is 10.0. The third-order valence-corrected chi connectivity index (χ3v) is 4.29. The number of hydrogen-bond donors (Lipinski definition) is 2. The first-order valence-electron chi connectivity index (χ1n) is 8.99. The summed E-state index contributed by atoms with van der Waals surface area (Å²) in [5, 5.41) is 18.5. The Morgan fingerprint density at radius 2 is 2.08 bits per heavy atom. The molecule has 4 nitrogen and oxygen atoms in total. The summed E-state index contributed by atoms with van der Waals surface area (Å²) >= 11 is 0. The minimum atomic E-state index is -0.777. The van der Waals surface area contributed by atoms with Crippen LogP contribution in [0.5, 0.6) is 0 Å². The minimum Gasteiger partial charge on any atom is -0.481 e. The van der Waals surface area contributed by atoms with Gasteiger partial charge >= 0.3 is 5.97 Å². The van der Waals surface area contributed by atoms with Crippen LogP contribution in [-0.2, 0) is 9.59 Å². The summed E-state index contributed by atoms with van der Waals surface area (Å²) in [6.45, 7) is 2.14. The lowest BCUT2D eigenvalue weighted by atomic mass is 9.90. The number of hydrogen-bond acceptors (Lipinski definition) is 3. The molecule has 0 heterocycles. The fourth-order valence-corrected chi connectivity index (χ4v) is 2.81. The van der Waals surface area contributed by atoms with E-state index in [4.69, 9.17) is 5.11 Å². The van der Waals surface area contributed by atoms with Gasteiger partial charge in [-0.05, 0) is 31.8 Å². The molecule has 0 aromatic carbocycles. The number of carboxylic acids is 1. The predicted octanol–water partition coefficient (Wildman–Crippen LogP) is 4.06. The largest absolute Gasteiger partial charge is 0.481 e. The Balaban J connectivity index is 2.38. The van der Waals surface area contributed by atoms with E-state index in [1.165, 1.54) is 0 Å². The predicted molar refractivity (Wildman–Crippen MR) is 95.7 cm³/mol. The van der Waals surface area contributed by atoms with E-state index in [0.29, 0.717) is 12.8 Å². The lowest BCUT2D eigenvalue weighted by Gasteiger charge is -2.13. The van der Waals surface area contributed by atoms with Crippen LogP contribution in [0.25, 0.3) is 0 Å². The van der Waals surface area contributed by atoms with Crippen molar-refractivity contribution >= 4 is 11.8 Å². The van der Waals surface area contributed by atoms with Crippen LogP contribution >= 0.6 is 0 Å². The van der Waals surface area contributed by atoms with Gasteiger partial charge in [-0.3, -0.25) is 9.59 Å². The van der Waals surface area contributed by atoms with E-state index in [9.17, 15) is 14.7 Å². The maximum absolute atomic E-state index is 12.0. The Hall–Kier alpha value is -1.68. The van der Waals surface area contributed by atoms with E-state index in [1.54, 1.807) is 6.08 Å². The van der Waals surface area contributed by atoms with Crippen LogP contribution in [0.4, 0.5) is 0 Å². The highest BCUT2D eigenvalue weighted by atomic mass is 16.4. The molecule has 0 unspecified atom stereocenters. The van der Waals surface area contributed by atoms with Gasteiger partial charge in [0.25, 0.3) is 0 Å². The quantitative estimate of drug-likeness (QED) is 0.417. The highest BCUT2D eigenvalue weighted by Gasteiger charge is 2.27. The Labute approximate surface area is 145 Å². The van der Waals surface area contributed by atoms with E-state index < -0.39 is 12.1 Å². The fraction of sp³-hybridized carbons (Fsp3) is 0.600. The molecule has 0 aromatic rings. The van der Waals surface area contributed by atoms with Crippen LogP contribution in [0, 0.1) is 11.8 Å². The first-order valence-corrected chi connectivity index (χ1v) is 8.99. The molecule has 0 amide bonds. The molecule has 0 bridgehead atoms. The summed E-state index contributed by atoms with van der Waals surface area (Å²) in [6, 6.07) is 0. The van der Waals surface area contributed by atoms with Crippen molar-refractivity contribution in [1.82, 2.24) is 0 Å². The number of aliphatic hydroxyl groups excluding tert-OH is 1. The van der Waals surface area contributed by atoms with Gasteiger partial charge in [0.1, 0.15) is 0 Å². The second-order valence-electron chi connectivity index (χ2n) is 6.39. The Bertz CT molecular complexity index is 476. The monoisotopic (exact) mass is 334 g/mol. The van der Waals surface area contributed by atoms with Crippen LogP contribution in [0.3, 0.4) is 0 Å². The zero-order valence-corrected chi connectivity index (χ0v) is 14.6. The van der Waals surface area contributed by atoms with Crippen LogP contribution in [-0.4, -0.2) is 28.1 Å². The molecule has 4 heteroatoms. The van der Waals surface area contributed by atoms with E-state index in [0.717, 1.165) is 32.1 Å². The molecular formula is C20H30O4. The number of carbonyl (C=O) groups excluding carboxylic acids is 1. The van der Waals surface area contributed by atoms with Crippen molar-refractivity contribution in [2.24, 2.45) is 11.8 Å². The molecule has 0 saturated heterocycles. The lowest BCUT2D eigenvalue weighted by molar-refractivity contribution is -0.137. The van der Waals surface area contributed by atoms with Gasteiger partial charge < -0.3 is 10.2 Å². The molecule has 0 saturated carbocycles. The normalized spacial score (nSPS) is 22.0. The smallest absolute Gasteiger partial charge is 0.303 e. The van der Waals surface area contributed by atoms with Crippen molar-refractivity contribution in [2.45, 2.75) is 64.4 Å². The van der Waals surface area contributed by atoms with Gasteiger partial charge in [-0.25, -0.2) is 0 Å². The number of ketones is 1. The maximum atomic E-state index is 12.0. The molecule has 0 fully saturated rings. The van der Waals surface area contributed by atoms with E-state index in [2.05, 4.69) is 6.92 Å². The van der Waals surface area contributed by atoms with Gasteiger partial charge in [0.15, 0.2) is 5.78 Å². The van der Waals surface area contributed by atoms with Crippen LogP contribution in [0.1, 0.15) is 58.3 Å². The van der Waals surface area contributed by atoms with Crippen LogP contribution < -0.4 is 0 Å². The first kappa shape index (κ1) is 20.4. The second-order valence-corrected chi connectivity index (χ2v) is 6.39. The molecular weight excluding hydrogens is 304 g/mol. The molecule has 0 aromatic heterocycles. The highest BCUT2D eigenvalue weighted by molar-refractivity contribution is 5.95. The SMILES string of the molecule is CCCCC[C@H](O)/C=C/[C@H]1C=CC(=O)[C@H]1C/C=C\CCCC(=O)O. The van der Waals surface area contributed by atoms with Gasteiger partial charge in [-0.1, -0.05) is 56.6 Å². The molecule has 3 atom stereocenters. The molecule has 134 valence electrons. The third-order valence-electron chi connectivity index (χ3n) is 4.29. The van der Waals surface area contributed by atoms with E-state index in [-0.39, 0.29) is 24.0 Å². The molecule has 1 rings (SSSR count). The number of carboxylic acid groups (broad SMARTS) is 1. The molecule has 1 aliphatic rings. The number of allylic oxidation sites excluding steroid dienone is 5. The van der Waals surface area contributed by atoms with Gasteiger partial charge in [-0.2, -0.15) is 0 Å². The summed E-state index contributed by atoms with van der Waals surface area (Å²) in [7, 11) is 0. The van der Waals surface area contributed by atoms with Crippen molar-refractivity contribution in [3.8, 4) is 0 Å². The molecule has 0 aliphatic heterocycles. The number of aliphatic hydroxyl groups is 1. The summed E-state index contributed by atoms with van der Waals surface area (Å²) in [5.41, 5.74) is 0. The topological polar surface area (TPSA) is 74.6 Å². The summed E-state index contributed by atoms with van der Waals surface area (Å²) in [5.74, 6) is -0.705. The number of unbranched alkanes of at least 4 members (excludes halogenated alkanes) is 3. The van der Waals surface area contributed by atoms with Crippen molar-refractivity contribution in [1.29, 1.82) is 0 Å². The average molecular weight is 334 g/mol. The maximum Gasteiger partial charge on any atom is 0.303 e. The average Bonchev–Trinajstić information content (AvgIpc) is 2.89. The van der Waals surface area contributed by atoms with Gasteiger partial charge in [0, 0.05) is 18.3 Å². The zero-order valence-electron chi connectivity index (χ0n) is 14.6. The highest BCUT2D eigenvalue weighted by Crippen LogP contribution is 2.27. The Morgan fingerprint density at radius 1 is 1.29 bits per heavy atom. The van der Waals surface area contributed by atoms with Gasteiger partial charge in [0.2, 0.25) is 0 Å². The van der Waals surface area contributed by atoms with Crippen molar-refractivity contribution < 1.29 is 19.8 Å². The van der Waals surface area contributed by atoms with Gasteiger partial charge in [0.05, 0.1) is 6.10 Å². The van der Waals surface area contributed by atoms with Crippen molar-refractivity contribution in [2.75, 3.05) is 0 Å². The first-order chi connectivity index (χ1) is 11.5. The fourth-order valence-electron chi connectivity index (χ4n) is 2.81. The lowest BCUT2D eigenvalue weighted by Crippen LogP contribution is -2.14. The number of carbonyl (C=O) groups is 2. The summed E-state index contributed by atoms with van der Waals surface area (Å²) in [4.78, 5) is 22.4. The summed E-state index contributed by atoms with van der Waals surface area (Å²) < 4.78 is 0. The molecule has 2 N–H and O–H groups in total. The minimum absolute atomic E-state index is 0.0435. The molecule has 0 radical (unpaired) electrons. The molecule has 0 spiro atoms. The van der Waals surface area contributed by atoms with Crippen molar-refractivity contribution in [3.63, 3.8) is 0 Å². The van der Waals surface area contributed by atoms with Crippen LogP contribution in [0.15, 0.2) is 36.5 Å². The van der Waals surface area contributed by atoms with Gasteiger partial charge in [-0.15, -0.1) is 0 Å². The third kappa shape index (κ3) is 8.25. The Morgan fingerprint density at radius 3 is 2.79 bits per heavy atom. The number of rotatable bonds is 12. The standard InChI is InChI=1S/C20H30O4/c1-2-3-6-9-17(21)14-12-16-13-15-19(22)18(16)10-7-4-5-8-11-20(23)24/h4,7,12-18,21H,2-3,5-6,8-11H2,1H3,(H,23,24)/b7-4-,14-12+/t16-,17-,18-/m0/s1. The number of aliphatic carboxylic acids is 1. The zero-order chi connectivity index (χ0) is 17.8. The van der Waals surface area contributed by atoms with E-state index in [1.807, 2.05) is 30.4 Å². The van der Waals surface area contributed by atoms with Crippen LogP contribution in [0.2, 0.25) is 0 Å². The van der Waals surface area contributed by atoms with Crippen molar-refractivity contribution in [3.05, 3.63) is 36.5 Å². The second kappa shape index (κ2) is 11.8. The van der Waals surface area contributed by atoms with E-state index >= 15 is 0 Å². The molecule has 1 aliphatic carbocycles. The summed E-state index contributed by atoms with van der Waals surface area (Å²) in [6.07, 6.45) is 17.0. The molecule has 24 heavy (non-hydrogen) atoms.